The van der Waals surface area contributed by atoms with Crippen LogP contribution in [0.5, 0.6) is 0 Å². The van der Waals surface area contributed by atoms with Crippen LogP contribution in [0.15, 0.2) is 49.0 Å². The molecule has 7 heteroatoms. The Bertz CT molecular complexity index is 933. The zero-order valence-corrected chi connectivity index (χ0v) is 14.4. The van der Waals surface area contributed by atoms with Gasteiger partial charge >= 0.3 is 5.63 Å². The molecule has 0 aliphatic carbocycles. The molecule has 2 aromatic rings. The maximum atomic E-state index is 12.7. The number of piperidine rings is 1. The van der Waals surface area contributed by atoms with Crippen molar-refractivity contribution in [2.24, 2.45) is 5.92 Å². The summed E-state index contributed by atoms with van der Waals surface area (Å²) >= 11 is 3.10. The second-order valence-electron chi connectivity index (χ2n) is 6.38. The molecule has 0 aromatic carbocycles. The maximum absolute atomic E-state index is 12.7. The quantitative estimate of drug-likeness (QED) is 0.744. The lowest BCUT2D eigenvalue weighted by atomic mass is 9.83. The van der Waals surface area contributed by atoms with Crippen LogP contribution < -0.4 is 11.2 Å². The van der Waals surface area contributed by atoms with Gasteiger partial charge in [-0.2, -0.15) is 0 Å². The fourth-order valence-electron chi connectivity index (χ4n) is 3.76. The molecule has 4 rings (SSSR count). The van der Waals surface area contributed by atoms with Crippen molar-refractivity contribution in [3.05, 3.63) is 67.0 Å². The first-order chi connectivity index (χ1) is 11.5. The predicted molar refractivity (Wildman–Crippen MR) is 90.1 cm³/mol. The molecule has 124 valence electrons. The molecule has 2 atom stereocenters. The van der Waals surface area contributed by atoms with Gasteiger partial charge in [0.2, 0.25) is 0 Å². The lowest BCUT2D eigenvalue weighted by Gasteiger charge is -2.42. The molecule has 0 unspecified atom stereocenters. The predicted octanol–water partition coefficient (Wildman–Crippen LogP) is 1.82. The first-order valence-electron chi connectivity index (χ1n) is 7.80. The van der Waals surface area contributed by atoms with Gasteiger partial charge in [0.25, 0.3) is 11.5 Å². The highest BCUT2D eigenvalue weighted by atomic mass is 79.9. The third-order valence-corrected chi connectivity index (χ3v) is 5.34. The van der Waals surface area contributed by atoms with Crippen LogP contribution in [0.4, 0.5) is 0 Å². The highest BCUT2D eigenvalue weighted by Gasteiger charge is 2.36. The zero-order chi connectivity index (χ0) is 16.8. The molecule has 2 aliphatic rings. The molecule has 2 aliphatic heterocycles. The third-order valence-electron chi connectivity index (χ3n) is 4.78. The fraction of sp³-hybridized carbons (Fsp3) is 0.353. The van der Waals surface area contributed by atoms with Crippen LogP contribution in [-0.4, -0.2) is 28.5 Å². The average Bonchev–Trinajstić information content (AvgIpc) is 2.57. The van der Waals surface area contributed by atoms with E-state index < -0.39 is 5.63 Å². The number of aromatic nitrogens is 1. The number of halogens is 1. The van der Waals surface area contributed by atoms with Crippen LogP contribution in [0.1, 0.15) is 28.4 Å². The monoisotopic (exact) mass is 390 g/mol. The molecular weight excluding hydrogens is 376 g/mol. The van der Waals surface area contributed by atoms with Gasteiger partial charge in [-0.3, -0.25) is 9.59 Å². The maximum Gasteiger partial charge on any atom is 0.350 e. The Kier molecular flexibility index (Phi) is 3.68. The molecule has 1 amide bonds. The van der Waals surface area contributed by atoms with E-state index >= 15 is 0 Å². The number of fused-ring (bicyclic) bond motifs is 4. The van der Waals surface area contributed by atoms with Crippen molar-refractivity contribution in [2.45, 2.75) is 18.9 Å². The van der Waals surface area contributed by atoms with Crippen LogP contribution in [0, 0.1) is 5.92 Å². The van der Waals surface area contributed by atoms with Gasteiger partial charge in [0.1, 0.15) is 10.7 Å². The van der Waals surface area contributed by atoms with Crippen molar-refractivity contribution in [3.8, 4) is 0 Å². The van der Waals surface area contributed by atoms with E-state index in [9.17, 15) is 14.4 Å². The van der Waals surface area contributed by atoms with Crippen molar-refractivity contribution in [1.29, 1.82) is 0 Å². The highest BCUT2D eigenvalue weighted by Crippen LogP contribution is 2.35. The van der Waals surface area contributed by atoms with Crippen LogP contribution in [0.25, 0.3) is 0 Å². The Balaban J connectivity index is 1.64. The minimum atomic E-state index is -0.504. The minimum absolute atomic E-state index is 0.0238. The van der Waals surface area contributed by atoms with E-state index in [-0.39, 0.29) is 27.8 Å². The summed E-state index contributed by atoms with van der Waals surface area (Å²) in [7, 11) is 0. The van der Waals surface area contributed by atoms with Crippen LogP contribution in [0.3, 0.4) is 0 Å². The molecule has 2 aromatic heterocycles. The Labute approximate surface area is 145 Å². The Hall–Kier alpha value is -2.15. The first-order valence-corrected chi connectivity index (χ1v) is 8.59. The summed E-state index contributed by atoms with van der Waals surface area (Å²) in [6.07, 6.45) is 2.19. The topological polar surface area (TPSA) is 72.5 Å². The molecule has 1 saturated heterocycles. The summed E-state index contributed by atoms with van der Waals surface area (Å²) in [5.41, 5.74) is 0.870. The molecular formula is C17H15BrN2O4. The van der Waals surface area contributed by atoms with E-state index in [0.717, 1.165) is 12.1 Å². The van der Waals surface area contributed by atoms with Crippen LogP contribution in [-0.2, 0) is 6.54 Å². The van der Waals surface area contributed by atoms with Crippen molar-refractivity contribution >= 4 is 21.8 Å². The van der Waals surface area contributed by atoms with E-state index in [1.165, 1.54) is 12.3 Å². The van der Waals surface area contributed by atoms with Crippen molar-refractivity contribution in [3.63, 3.8) is 0 Å². The molecule has 4 heterocycles. The summed E-state index contributed by atoms with van der Waals surface area (Å²) in [6, 6.07) is 6.82. The Morgan fingerprint density at radius 1 is 1.21 bits per heavy atom. The van der Waals surface area contributed by atoms with E-state index in [1.807, 2.05) is 10.6 Å². The number of pyridine rings is 1. The molecule has 0 N–H and O–H groups in total. The van der Waals surface area contributed by atoms with Crippen molar-refractivity contribution in [1.82, 2.24) is 9.47 Å². The number of rotatable bonds is 1. The number of carbonyl (C=O) groups is 1. The van der Waals surface area contributed by atoms with E-state index in [4.69, 9.17) is 4.42 Å². The molecule has 0 saturated carbocycles. The summed E-state index contributed by atoms with van der Waals surface area (Å²) in [6.45, 7) is 1.81. The number of amides is 1. The lowest BCUT2D eigenvalue weighted by Crippen LogP contribution is -2.49. The minimum Gasteiger partial charge on any atom is -0.430 e. The summed E-state index contributed by atoms with van der Waals surface area (Å²) in [5.74, 6) is 0.273. The number of hydrogen-bond acceptors (Lipinski definition) is 4. The summed E-state index contributed by atoms with van der Waals surface area (Å²) in [5, 5.41) is 0. The third kappa shape index (κ3) is 2.53. The molecule has 0 spiro atoms. The first kappa shape index (κ1) is 15.4. The van der Waals surface area contributed by atoms with Crippen LogP contribution in [0.2, 0.25) is 0 Å². The molecule has 2 bridgehead atoms. The van der Waals surface area contributed by atoms with E-state index in [1.54, 1.807) is 17.0 Å². The second kappa shape index (κ2) is 5.73. The van der Waals surface area contributed by atoms with Gasteiger partial charge in [0, 0.05) is 37.3 Å². The number of hydrogen-bond donors (Lipinski definition) is 0. The van der Waals surface area contributed by atoms with E-state index in [0.29, 0.717) is 25.2 Å². The summed E-state index contributed by atoms with van der Waals surface area (Å²) < 4.78 is 6.94. The lowest BCUT2D eigenvalue weighted by molar-refractivity contribution is 0.0592. The number of nitrogens with zero attached hydrogens (tertiary/aromatic N) is 2. The Morgan fingerprint density at radius 2 is 2.04 bits per heavy atom. The number of likely N-dealkylation sites (tertiary alicyclic amines) is 1. The van der Waals surface area contributed by atoms with Crippen LogP contribution >= 0.6 is 15.9 Å². The van der Waals surface area contributed by atoms with Gasteiger partial charge in [-0.05, 0) is 40.4 Å². The number of carbonyl (C=O) groups excluding carboxylic acids is 1. The zero-order valence-electron chi connectivity index (χ0n) is 12.8. The smallest absolute Gasteiger partial charge is 0.350 e. The standard InChI is InChI=1S/C17H15BrN2O4/c18-13-5-12(9-24-17(13)23)16(22)19-6-10-4-11(8-19)14-2-1-3-15(21)20(14)7-10/h1-3,5,9-11H,4,6-8H2/t10-,11-/m0/s1. The Morgan fingerprint density at radius 3 is 2.83 bits per heavy atom. The van der Waals surface area contributed by atoms with E-state index in [2.05, 4.69) is 15.9 Å². The van der Waals surface area contributed by atoms with Crippen molar-refractivity contribution < 1.29 is 9.21 Å². The van der Waals surface area contributed by atoms with Gasteiger partial charge in [-0.1, -0.05) is 6.07 Å². The van der Waals surface area contributed by atoms with Gasteiger partial charge in [-0.15, -0.1) is 0 Å². The summed E-state index contributed by atoms with van der Waals surface area (Å²) in [4.78, 5) is 37.9. The van der Waals surface area contributed by atoms with Gasteiger partial charge < -0.3 is 13.9 Å². The SMILES string of the molecule is O=C(c1coc(=O)c(Br)c1)N1C[C@@H]2C[C@@H](C1)c1cccc(=O)n1C2. The molecule has 1 fully saturated rings. The largest absolute Gasteiger partial charge is 0.430 e. The average molecular weight is 391 g/mol. The molecule has 6 nitrogen and oxygen atoms in total. The van der Waals surface area contributed by atoms with Gasteiger partial charge in [-0.25, -0.2) is 4.79 Å². The molecule has 0 radical (unpaired) electrons. The van der Waals surface area contributed by atoms with Gasteiger partial charge in [0.05, 0.1) is 5.56 Å². The second-order valence-corrected chi connectivity index (χ2v) is 7.23. The normalized spacial score (nSPS) is 22.1. The molecule has 24 heavy (non-hydrogen) atoms. The van der Waals surface area contributed by atoms with Gasteiger partial charge in [0.15, 0.2) is 0 Å². The van der Waals surface area contributed by atoms with Crippen molar-refractivity contribution in [2.75, 3.05) is 13.1 Å². The highest BCUT2D eigenvalue weighted by molar-refractivity contribution is 9.10. The fourth-order valence-corrected chi connectivity index (χ4v) is 4.10.